The Morgan fingerprint density at radius 3 is 2.93 bits per heavy atom. The summed E-state index contributed by atoms with van der Waals surface area (Å²) in [5, 5.41) is 12.5. The fourth-order valence-electron chi connectivity index (χ4n) is 1.62. The Hall–Kier alpha value is -1.03. The van der Waals surface area contributed by atoms with E-state index in [1.807, 2.05) is 6.07 Å². The maximum Gasteiger partial charge on any atom is 0.224 e. The van der Waals surface area contributed by atoms with E-state index < -0.39 is 0 Å². The largest absolute Gasteiger partial charge is 0.506 e. The highest BCUT2D eigenvalue weighted by Crippen LogP contribution is 2.35. The Balaban J connectivity index is 2.50. The predicted molar refractivity (Wildman–Crippen MR) is 57.4 cm³/mol. The first kappa shape index (κ1) is 9.52. The van der Waals surface area contributed by atoms with Crippen LogP contribution >= 0.6 is 15.9 Å². The van der Waals surface area contributed by atoms with E-state index in [0.29, 0.717) is 10.9 Å². The third-order valence-corrected chi connectivity index (χ3v) is 2.98. The SMILES string of the molecule is O=C1CCCc2c(ccc(Br)c2O)N1. The highest BCUT2D eigenvalue weighted by atomic mass is 79.9. The molecule has 1 heterocycles. The molecule has 1 aromatic rings. The minimum absolute atomic E-state index is 0.0190. The molecule has 0 fully saturated rings. The number of hydrogen-bond donors (Lipinski definition) is 2. The summed E-state index contributed by atoms with van der Waals surface area (Å²) in [4.78, 5) is 11.2. The fraction of sp³-hybridized carbons (Fsp3) is 0.300. The van der Waals surface area contributed by atoms with Gasteiger partial charge >= 0.3 is 0 Å². The van der Waals surface area contributed by atoms with Gasteiger partial charge in [0.15, 0.2) is 0 Å². The van der Waals surface area contributed by atoms with Crippen molar-refractivity contribution >= 4 is 27.5 Å². The second-order valence-corrected chi connectivity index (χ2v) is 4.18. The first-order valence-corrected chi connectivity index (χ1v) is 5.28. The van der Waals surface area contributed by atoms with Crippen molar-refractivity contribution in [3.05, 3.63) is 22.2 Å². The average Bonchev–Trinajstić information content (AvgIpc) is 2.34. The van der Waals surface area contributed by atoms with Crippen LogP contribution in [-0.4, -0.2) is 11.0 Å². The summed E-state index contributed by atoms with van der Waals surface area (Å²) >= 11 is 3.25. The zero-order chi connectivity index (χ0) is 10.1. The molecule has 0 saturated carbocycles. The van der Waals surface area contributed by atoms with Crippen LogP contribution in [0, 0.1) is 0 Å². The highest BCUT2D eigenvalue weighted by Gasteiger charge is 2.16. The number of aromatic hydroxyl groups is 1. The Morgan fingerprint density at radius 2 is 2.14 bits per heavy atom. The molecule has 0 radical (unpaired) electrons. The highest BCUT2D eigenvalue weighted by molar-refractivity contribution is 9.10. The summed E-state index contributed by atoms with van der Waals surface area (Å²) < 4.78 is 0.674. The maximum absolute atomic E-state index is 11.2. The van der Waals surface area contributed by atoms with Gasteiger partial charge in [0.25, 0.3) is 0 Å². The molecule has 1 aliphatic heterocycles. The van der Waals surface area contributed by atoms with Crippen LogP contribution in [0.5, 0.6) is 5.75 Å². The first-order chi connectivity index (χ1) is 6.68. The standard InChI is InChI=1S/C10H10BrNO2/c11-7-4-5-8-6(10(7)14)2-1-3-9(13)12-8/h4-5,14H,1-3H2,(H,12,13). The quantitative estimate of drug-likeness (QED) is 0.748. The lowest BCUT2D eigenvalue weighted by Crippen LogP contribution is -2.09. The van der Waals surface area contributed by atoms with Crippen molar-refractivity contribution < 1.29 is 9.90 Å². The van der Waals surface area contributed by atoms with Crippen molar-refractivity contribution in [1.29, 1.82) is 0 Å². The summed E-state index contributed by atoms with van der Waals surface area (Å²) in [6.07, 6.45) is 2.04. The van der Waals surface area contributed by atoms with Crippen LogP contribution in [0.4, 0.5) is 5.69 Å². The normalized spacial score (nSPS) is 15.6. The van der Waals surface area contributed by atoms with E-state index in [1.54, 1.807) is 6.07 Å². The van der Waals surface area contributed by atoms with E-state index in [2.05, 4.69) is 21.2 Å². The van der Waals surface area contributed by atoms with Gasteiger partial charge < -0.3 is 10.4 Å². The molecule has 0 saturated heterocycles. The van der Waals surface area contributed by atoms with Crippen molar-refractivity contribution in [2.24, 2.45) is 0 Å². The molecule has 0 spiro atoms. The number of amides is 1. The van der Waals surface area contributed by atoms with Gasteiger partial charge in [0.1, 0.15) is 5.75 Å². The summed E-state index contributed by atoms with van der Waals surface area (Å²) in [5.74, 6) is 0.259. The summed E-state index contributed by atoms with van der Waals surface area (Å²) in [7, 11) is 0. The van der Waals surface area contributed by atoms with E-state index in [-0.39, 0.29) is 11.7 Å². The van der Waals surface area contributed by atoms with Crippen molar-refractivity contribution in [3.63, 3.8) is 0 Å². The van der Waals surface area contributed by atoms with Gasteiger partial charge in [-0.3, -0.25) is 4.79 Å². The van der Waals surface area contributed by atoms with Gasteiger partial charge in [0.2, 0.25) is 5.91 Å². The number of carbonyl (C=O) groups excluding carboxylic acids is 1. The number of rotatable bonds is 0. The number of halogens is 1. The Morgan fingerprint density at radius 1 is 1.36 bits per heavy atom. The number of phenols is 1. The molecule has 0 aromatic heterocycles. The summed E-state index contributed by atoms with van der Waals surface area (Å²) in [5.41, 5.74) is 1.55. The molecule has 0 aliphatic carbocycles. The number of hydrogen-bond acceptors (Lipinski definition) is 2. The second kappa shape index (κ2) is 3.61. The smallest absolute Gasteiger partial charge is 0.224 e. The van der Waals surface area contributed by atoms with E-state index in [0.717, 1.165) is 24.1 Å². The van der Waals surface area contributed by atoms with Crippen LogP contribution in [0.25, 0.3) is 0 Å². The van der Waals surface area contributed by atoms with Gasteiger partial charge in [0, 0.05) is 17.7 Å². The number of anilines is 1. The molecule has 2 N–H and O–H groups in total. The molecule has 74 valence electrons. The molecule has 1 aromatic carbocycles. The number of phenolic OH excluding ortho intramolecular Hbond substituents is 1. The Labute approximate surface area is 90.3 Å². The van der Waals surface area contributed by atoms with Gasteiger partial charge in [0.05, 0.1) is 4.47 Å². The third kappa shape index (κ3) is 1.62. The van der Waals surface area contributed by atoms with Crippen LogP contribution in [0.2, 0.25) is 0 Å². The maximum atomic E-state index is 11.2. The molecular weight excluding hydrogens is 246 g/mol. The average molecular weight is 256 g/mol. The zero-order valence-corrected chi connectivity index (χ0v) is 9.10. The monoisotopic (exact) mass is 255 g/mol. The predicted octanol–water partition coefficient (Wildman–Crippen LogP) is 2.43. The minimum Gasteiger partial charge on any atom is -0.506 e. The van der Waals surface area contributed by atoms with Gasteiger partial charge in [-0.2, -0.15) is 0 Å². The molecule has 4 heteroatoms. The van der Waals surface area contributed by atoms with Crippen LogP contribution in [0.15, 0.2) is 16.6 Å². The van der Waals surface area contributed by atoms with Crippen LogP contribution < -0.4 is 5.32 Å². The molecule has 0 bridgehead atoms. The van der Waals surface area contributed by atoms with Crippen LogP contribution in [0.1, 0.15) is 18.4 Å². The topological polar surface area (TPSA) is 49.3 Å². The number of fused-ring (bicyclic) bond motifs is 1. The Kier molecular flexibility index (Phi) is 2.46. The van der Waals surface area contributed by atoms with Crippen molar-refractivity contribution in [2.45, 2.75) is 19.3 Å². The third-order valence-electron chi connectivity index (χ3n) is 2.34. The molecule has 3 nitrogen and oxygen atoms in total. The minimum atomic E-state index is 0.0190. The van der Waals surface area contributed by atoms with Gasteiger partial charge in [-0.05, 0) is 40.9 Å². The summed E-state index contributed by atoms with van der Waals surface area (Å²) in [6, 6.07) is 3.54. The molecular formula is C10H10BrNO2. The summed E-state index contributed by atoms with van der Waals surface area (Å²) in [6.45, 7) is 0. The number of benzene rings is 1. The van der Waals surface area contributed by atoms with Crippen molar-refractivity contribution in [1.82, 2.24) is 0 Å². The number of nitrogens with one attached hydrogen (secondary N) is 1. The van der Waals surface area contributed by atoms with E-state index >= 15 is 0 Å². The number of carbonyl (C=O) groups is 1. The van der Waals surface area contributed by atoms with Crippen LogP contribution in [-0.2, 0) is 11.2 Å². The fourth-order valence-corrected chi connectivity index (χ4v) is 1.99. The van der Waals surface area contributed by atoms with Crippen LogP contribution in [0.3, 0.4) is 0 Å². The lowest BCUT2D eigenvalue weighted by Gasteiger charge is -2.09. The van der Waals surface area contributed by atoms with Crippen molar-refractivity contribution in [2.75, 3.05) is 5.32 Å². The van der Waals surface area contributed by atoms with E-state index in [4.69, 9.17) is 0 Å². The van der Waals surface area contributed by atoms with Gasteiger partial charge in [-0.15, -0.1) is 0 Å². The van der Waals surface area contributed by atoms with E-state index in [1.165, 1.54) is 0 Å². The Bertz CT molecular complexity index is 390. The second-order valence-electron chi connectivity index (χ2n) is 3.32. The lowest BCUT2D eigenvalue weighted by molar-refractivity contribution is -0.116. The lowest BCUT2D eigenvalue weighted by atomic mass is 10.1. The molecule has 0 atom stereocenters. The molecule has 14 heavy (non-hydrogen) atoms. The molecule has 0 unspecified atom stereocenters. The molecule has 1 aliphatic rings. The molecule has 2 rings (SSSR count). The first-order valence-electron chi connectivity index (χ1n) is 4.48. The van der Waals surface area contributed by atoms with Gasteiger partial charge in [-0.25, -0.2) is 0 Å². The van der Waals surface area contributed by atoms with Crippen molar-refractivity contribution in [3.8, 4) is 5.75 Å². The zero-order valence-electron chi connectivity index (χ0n) is 7.51. The molecule has 1 amide bonds. The van der Waals surface area contributed by atoms with E-state index in [9.17, 15) is 9.90 Å². The van der Waals surface area contributed by atoms with Gasteiger partial charge in [-0.1, -0.05) is 0 Å².